The fourth-order valence-electron chi connectivity index (χ4n) is 5.90. The largest absolute Gasteiger partial charge is 0.372 e. The van der Waals surface area contributed by atoms with E-state index in [-0.39, 0.29) is 23.8 Å². The Morgan fingerprint density at radius 1 is 1.10 bits per heavy atom. The Balaban J connectivity index is 1.38. The van der Waals surface area contributed by atoms with Gasteiger partial charge in [0.2, 0.25) is 5.91 Å². The molecule has 2 heterocycles. The van der Waals surface area contributed by atoms with E-state index in [0.717, 1.165) is 30.1 Å². The minimum atomic E-state index is -0.880. The van der Waals surface area contributed by atoms with E-state index in [0.29, 0.717) is 24.4 Å². The molecule has 1 spiro atoms. The Kier molecular flexibility index (Phi) is 5.71. The van der Waals surface area contributed by atoms with Crippen LogP contribution in [0.25, 0.3) is 0 Å². The highest BCUT2D eigenvalue weighted by Gasteiger charge is 2.56. The number of carbonyl (C=O) groups is 3. The van der Waals surface area contributed by atoms with Crippen molar-refractivity contribution in [3.05, 3.63) is 24.3 Å². The van der Waals surface area contributed by atoms with Crippen LogP contribution in [-0.2, 0) is 9.59 Å². The van der Waals surface area contributed by atoms with Crippen LogP contribution in [0.5, 0.6) is 0 Å². The molecule has 168 valence electrons. The third-order valence-electron chi connectivity index (χ3n) is 6.80. The number of nitrogens with one attached hydrogen (secondary N) is 2. The monoisotopic (exact) mass is 426 g/mol. The van der Waals surface area contributed by atoms with E-state index in [1.54, 1.807) is 0 Å². The first-order valence-electron chi connectivity index (χ1n) is 11.5. The van der Waals surface area contributed by atoms with Crippen LogP contribution in [0.3, 0.4) is 0 Å². The quantitative estimate of drug-likeness (QED) is 0.719. The van der Waals surface area contributed by atoms with E-state index in [4.69, 9.17) is 0 Å². The van der Waals surface area contributed by atoms with Crippen LogP contribution in [0.1, 0.15) is 59.3 Å². The number of piperidine rings is 1. The fourth-order valence-corrected chi connectivity index (χ4v) is 5.90. The molecule has 1 aromatic carbocycles. The number of anilines is 2. The van der Waals surface area contributed by atoms with Gasteiger partial charge in [-0.25, -0.2) is 4.79 Å². The van der Waals surface area contributed by atoms with Crippen molar-refractivity contribution >= 4 is 29.2 Å². The SMILES string of the molecule is C[C@H]1CC(C)(C)C[C@]2(C1)NC(=O)N(CC(=O)Nc1ccc(N3CCCCC3)cc1)C2=O. The van der Waals surface area contributed by atoms with Crippen LogP contribution in [0, 0.1) is 11.3 Å². The molecule has 3 fully saturated rings. The van der Waals surface area contributed by atoms with Crippen molar-refractivity contribution in [2.45, 2.75) is 64.8 Å². The van der Waals surface area contributed by atoms with Gasteiger partial charge in [0.25, 0.3) is 5.91 Å². The van der Waals surface area contributed by atoms with Gasteiger partial charge >= 0.3 is 6.03 Å². The Bertz CT molecular complexity index is 860. The molecular formula is C24H34N4O3. The number of urea groups is 1. The summed E-state index contributed by atoms with van der Waals surface area (Å²) in [6.07, 6.45) is 5.95. The van der Waals surface area contributed by atoms with Crippen LogP contribution < -0.4 is 15.5 Å². The van der Waals surface area contributed by atoms with E-state index in [1.165, 1.54) is 19.3 Å². The maximum Gasteiger partial charge on any atom is 0.325 e. The van der Waals surface area contributed by atoms with Crippen molar-refractivity contribution in [1.29, 1.82) is 0 Å². The summed E-state index contributed by atoms with van der Waals surface area (Å²) in [5.74, 6) is -0.303. The third kappa shape index (κ3) is 4.55. The zero-order valence-electron chi connectivity index (χ0n) is 18.9. The van der Waals surface area contributed by atoms with E-state index in [2.05, 4.69) is 36.3 Å². The van der Waals surface area contributed by atoms with Crippen LogP contribution >= 0.6 is 0 Å². The summed E-state index contributed by atoms with van der Waals surface area (Å²) in [4.78, 5) is 41.8. The molecular weight excluding hydrogens is 392 g/mol. The standard InChI is InChI=1S/C24H34N4O3/c1-17-13-23(2,3)16-24(14-17)21(30)28(22(31)26-24)15-20(29)25-18-7-9-19(10-8-18)27-11-5-4-6-12-27/h7-10,17H,4-6,11-16H2,1-3H3,(H,25,29)(H,26,31)/t17-,24-/m0/s1. The second-order valence-electron chi connectivity index (χ2n) is 10.4. The number of nitrogens with zero attached hydrogens (tertiary/aromatic N) is 2. The predicted molar refractivity (Wildman–Crippen MR) is 121 cm³/mol. The highest BCUT2D eigenvalue weighted by atomic mass is 16.2. The average molecular weight is 427 g/mol. The van der Waals surface area contributed by atoms with Gasteiger partial charge in [-0.15, -0.1) is 0 Å². The third-order valence-corrected chi connectivity index (χ3v) is 6.80. The molecule has 0 radical (unpaired) electrons. The summed E-state index contributed by atoms with van der Waals surface area (Å²) in [6, 6.07) is 7.30. The van der Waals surface area contributed by atoms with E-state index < -0.39 is 11.6 Å². The van der Waals surface area contributed by atoms with Crippen LogP contribution in [0.15, 0.2) is 24.3 Å². The number of benzene rings is 1. The van der Waals surface area contributed by atoms with Gasteiger partial charge in [0.1, 0.15) is 12.1 Å². The van der Waals surface area contributed by atoms with Gasteiger partial charge in [-0.2, -0.15) is 0 Å². The Morgan fingerprint density at radius 3 is 2.42 bits per heavy atom. The van der Waals surface area contributed by atoms with Gasteiger partial charge in [0, 0.05) is 24.5 Å². The highest BCUT2D eigenvalue weighted by molar-refractivity contribution is 6.10. The van der Waals surface area contributed by atoms with E-state index >= 15 is 0 Å². The van der Waals surface area contributed by atoms with Crippen molar-refractivity contribution in [2.24, 2.45) is 11.3 Å². The lowest BCUT2D eigenvalue weighted by molar-refractivity contribution is -0.136. The zero-order chi connectivity index (χ0) is 22.2. The summed E-state index contributed by atoms with van der Waals surface area (Å²) >= 11 is 0. The molecule has 1 aromatic rings. The van der Waals surface area contributed by atoms with Crippen LogP contribution in [0.2, 0.25) is 0 Å². The number of rotatable bonds is 4. The number of hydrogen-bond donors (Lipinski definition) is 2. The Labute approximate surface area is 184 Å². The summed E-state index contributed by atoms with van der Waals surface area (Å²) < 4.78 is 0. The first kappa shape index (κ1) is 21.7. The molecule has 1 aliphatic carbocycles. The van der Waals surface area contributed by atoms with Crippen molar-refractivity contribution in [1.82, 2.24) is 10.2 Å². The fraction of sp³-hybridized carbons (Fsp3) is 0.625. The molecule has 4 amide bonds. The number of carbonyl (C=O) groups excluding carboxylic acids is 3. The smallest absolute Gasteiger partial charge is 0.325 e. The van der Waals surface area contributed by atoms with Crippen LogP contribution in [-0.4, -0.2) is 47.9 Å². The lowest BCUT2D eigenvalue weighted by Gasteiger charge is -2.43. The normalized spacial score (nSPS) is 28.0. The van der Waals surface area contributed by atoms with Gasteiger partial charge in [0.15, 0.2) is 0 Å². The molecule has 4 rings (SSSR count). The average Bonchev–Trinajstić information content (AvgIpc) is 2.91. The predicted octanol–water partition coefficient (Wildman–Crippen LogP) is 3.75. The first-order valence-corrected chi connectivity index (χ1v) is 11.5. The molecule has 0 bridgehead atoms. The lowest BCUT2D eigenvalue weighted by atomic mass is 9.64. The number of amides is 4. The molecule has 2 atom stereocenters. The van der Waals surface area contributed by atoms with Gasteiger partial charge in [-0.1, -0.05) is 20.8 Å². The van der Waals surface area contributed by atoms with Crippen molar-refractivity contribution in [3.63, 3.8) is 0 Å². The maximum absolute atomic E-state index is 13.2. The maximum atomic E-state index is 13.2. The summed E-state index contributed by atoms with van der Waals surface area (Å²) in [7, 11) is 0. The molecule has 1 saturated carbocycles. The second kappa shape index (κ2) is 8.17. The van der Waals surface area contributed by atoms with Crippen molar-refractivity contribution in [3.8, 4) is 0 Å². The van der Waals surface area contributed by atoms with Gasteiger partial charge in [0.05, 0.1) is 0 Å². The lowest BCUT2D eigenvalue weighted by Crippen LogP contribution is -2.54. The van der Waals surface area contributed by atoms with Gasteiger partial charge in [-0.05, 0) is 74.1 Å². The van der Waals surface area contributed by atoms with Crippen molar-refractivity contribution in [2.75, 3.05) is 29.9 Å². The molecule has 7 nitrogen and oxygen atoms in total. The minimum Gasteiger partial charge on any atom is -0.372 e. The van der Waals surface area contributed by atoms with Gasteiger partial charge < -0.3 is 15.5 Å². The molecule has 0 aromatic heterocycles. The number of hydrogen-bond acceptors (Lipinski definition) is 4. The summed E-state index contributed by atoms with van der Waals surface area (Å²) in [5.41, 5.74) is 0.909. The topological polar surface area (TPSA) is 81.8 Å². The van der Waals surface area contributed by atoms with E-state index in [9.17, 15) is 14.4 Å². The molecule has 2 saturated heterocycles. The van der Waals surface area contributed by atoms with Crippen LogP contribution in [0.4, 0.5) is 16.2 Å². The molecule has 7 heteroatoms. The summed E-state index contributed by atoms with van der Waals surface area (Å²) in [6.45, 7) is 8.24. The highest BCUT2D eigenvalue weighted by Crippen LogP contribution is 2.46. The Hall–Kier alpha value is -2.57. The minimum absolute atomic E-state index is 0.0328. The molecule has 2 N–H and O–H groups in total. The van der Waals surface area contributed by atoms with Gasteiger partial charge in [-0.3, -0.25) is 14.5 Å². The first-order chi connectivity index (χ1) is 14.7. The Morgan fingerprint density at radius 2 is 1.77 bits per heavy atom. The number of imide groups is 1. The van der Waals surface area contributed by atoms with E-state index in [1.807, 2.05) is 24.3 Å². The zero-order valence-corrected chi connectivity index (χ0v) is 18.9. The second-order valence-corrected chi connectivity index (χ2v) is 10.4. The molecule has 3 aliphatic rings. The molecule has 0 unspecified atom stereocenters. The molecule has 2 aliphatic heterocycles. The molecule has 31 heavy (non-hydrogen) atoms. The van der Waals surface area contributed by atoms with Crippen molar-refractivity contribution < 1.29 is 14.4 Å². The summed E-state index contributed by atoms with van der Waals surface area (Å²) in [5, 5.41) is 5.75.